The summed E-state index contributed by atoms with van der Waals surface area (Å²) in [6.45, 7) is 4.93. The predicted octanol–water partition coefficient (Wildman–Crippen LogP) is 3.59. The zero-order chi connectivity index (χ0) is 24.2. The fourth-order valence-electron chi connectivity index (χ4n) is 4.00. The number of anilines is 1. The number of methoxy groups -OCH3 is 1. The monoisotopic (exact) mass is 477 g/mol. The summed E-state index contributed by atoms with van der Waals surface area (Å²) < 4.78 is 5.17. The quantitative estimate of drug-likeness (QED) is 0.572. The molecule has 0 unspecified atom stereocenters. The van der Waals surface area contributed by atoms with Gasteiger partial charge in [0.05, 0.1) is 23.7 Å². The summed E-state index contributed by atoms with van der Waals surface area (Å²) >= 11 is 6.29. The molecule has 0 aliphatic carbocycles. The summed E-state index contributed by atoms with van der Waals surface area (Å²) in [6, 6.07) is 9.13. The third-order valence-electron chi connectivity index (χ3n) is 5.85. The van der Waals surface area contributed by atoms with Crippen molar-refractivity contribution < 1.29 is 9.53 Å². The predicted molar refractivity (Wildman–Crippen MR) is 128 cm³/mol. The molecule has 0 aromatic carbocycles. The maximum atomic E-state index is 13.1. The number of carbonyl (C=O) groups excluding carboxylic acids is 1. The maximum absolute atomic E-state index is 13.1. The number of aromatic nitrogens is 4. The second-order valence-electron chi connectivity index (χ2n) is 8.09. The minimum absolute atomic E-state index is 0.00784. The number of nitrogens with zero attached hydrogens (tertiary/aromatic N) is 6. The van der Waals surface area contributed by atoms with Crippen molar-refractivity contribution in [2.75, 3.05) is 25.5 Å². The lowest BCUT2D eigenvalue weighted by atomic mass is 10.0. The van der Waals surface area contributed by atoms with E-state index in [0.29, 0.717) is 46.9 Å². The molecule has 1 fully saturated rings. The molecular formula is C24H24ClN7O2. The lowest BCUT2D eigenvalue weighted by Crippen LogP contribution is -2.34. The van der Waals surface area contributed by atoms with Crippen LogP contribution in [0, 0.1) is 18.3 Å². The standard InChI is InChI=1S/C24H24ClN7O2/c1-14(19-10-22(34-3)28-12-20(19)25)24(33)32-9-7-17(13-32)30-21-5-4-18(15(2)29-21)23-27-8-6-16(11-26)31-23/h4-6,8,10,12,14,17H,7,9,13H2,1-3H3,(H,29,30)/t14-,17+/m1/s1. The van der Waals surface area contributed by atoms with E-state index in [1.165, 1.54) is 13.3 Å². The van der Waals surface area contributed by atoms with Crippen molar-refractivity contribution in [2.24, 2.45) is 0 Å². The first kappa shape index (κ1) is 23.4. The average Bonchev–Trinajstić information content (AvgIpc) is 3.32. The van der Waals surface area contributed by atoms with E-state index < -0.39 is 5.92 Å². The Hall–Kier alpha value is -3.77. The summed E-state index contributed by atoms with van der Waals surface area (Å²) in [5.41, 5.74) is 2.53. The topological polar surface area (TPSA) is 117 Å². The van der Waals surface area contributed by atoms with Crippen LogP contribution in [0.1, 0.15) is 36.2 Å². The summed E-state index contributed by atoms with van der Waals surface area (Å²) in [5, 5.41) is 12.9. The van der Waals surface area contributed by atoms with Gasteiger partial charge in [0, 0.05) is 43.2 Å². The molecule has 3 aromatic heterocycles. The highest BCUT2D eigenvalue weighted by Gasteiger charge is 2.31. The number of likely N-dealkylation sites (tertiary alicyclic amines) is 1. The molecule has 0 saturated carbocycles. The molecule has 1 aliphatic rings. The average molecular weight is 478 g/mol. The molecule has 0 bridgehead atoms. The van der Waals surface area contributed by atoms with Gasteiger partial charge in [-0.2, -0.15) is 5.26 Å². The minimum Gasteiger partial charge on any atom is -0.481 e. The smallest absolute Gasteiger partial charge is 0.229 e. The third kappa shape index (κ3) is 4.92. The van der Waals surface area contributed by atoms with E-state index in [1.54, 1.807) is 18.3 Å². The summed E-state index contributed by atoms with van der Waals surface area (Å²) in [4.78, 5) is 32.2. The van der Waals surface area contributed by atoms with E-state index in [-0.39, 0.29) is 11.9 Å². The van der Waals surface area contributed by atoms with Crippen LogP contribution in [0.2, 0.25) is 5.02 Å². The lowest BCUT2D eigenvalue weighted by molar-refractivity contribution is -0.131. The molecule has 4 heterocycles. The zero-order valence-electron chi connectivity index (χ0n) is 19.1. The molecular weight excluding hydrogens is 454 g/mol. The van der Waals surface area contributed by atoms with Gasteiger partial charge in [0.25, 0.3) is 0 Å². The molecule has 9 nitrogen and oxygen atoms in total. The fourth-order valence-corrected chi connectivity index (χ4v) is 4.27. The molecule has 34 heavy (non-hydrogen) atoms. The van der Waals surface area contributed by atoms with Gasteiger partial charge in [-0.3, -0.25) is 4.79 Å². The molecule has 1 aliphatic heterocycles. The molecule has 2 atom stereocenters. The Bertz CT molecular complexity index is 1260. The summed E-state index contributed by atoms with van der Waals surface area (Å²) in [7, 11) is 1.53. The number of rotatable bonds is 6. The van der Waals surface area contributed by atoms with Crippen molar-refractivity contribution in [2.45, 2.75) is 32.2 Å². The third-order valence-corrected chi connectivity index (χ3v) is 6.17. The first-order valence-corrected chi connectivity index (χ1v) is 11.2. The highest BCUT2D eigenvalue weighted by atomic mass is 35.5. The van der Waals surface area contributed by atoms with Gasteiger partial charge in [-0.1, -0.05) is 11.6 Å². The van der Waals surface area contributed by atoms with Crippen LogP contribution in [0.4, 0.5) is 5.82 Å². The van der Waals surface area contributed by atoms with Crippen molar-refractivity contribution in [3.63, 3.8) is 0 Å². The molecule has 4 rings (SSSR count). The molecule has 0 radical (unpaired) electrons. The van der Waals surface area contributed by atoms with Crippen molar-refractivity contribution in [1.29, 1.82) is 5.26 Å². The van der Waals surface area contributed by atoms with Crippen molar-refractivity contribution in [1.82, 2.24) is 24.8 Å². The molecule has 1 N–H and O–H groups in total. The Morgan fingerprint density at radius 3 is 2.88 bits per heavy atom. The number of amides is 1. The van der Waals surface area contributed by atoms with Crippen LogP contribution in [-0.2, 0) is 4.79 Å². The molecule has 10 heteroatoms. The summed E-state index contributed by atoms with van der Waals surface area (Å²) in [6.07, 6.45) is 3.88. The fraction of sp³-hybridized carbons (Fsp3) is 0.333. The minimum atomic E-state index is -0.410. The van der Waals surface area contributed by atoms with Crippen molar-refractivity contribution >= 4 is 23.3 Å². The van der Waals surface area contributed by atoms with Gasteiger partial charge in [-0.15, -0.1) is 0 Å². The number of halogens is 1. The zero-order valence-corrected chi connectivity index (χ0v) is 19.9. The normalized spacial score (nSPS) is 16.1. The Morgan fingerprint density at radius 1 is 1.32 bits per heavy atom. The Kier molecular flexibility index (Phi) is 6.89. The number of nitrogens with one attached hydrogen (secondary N) is 1. The van der Waals surface area contributed by atoms with Crippen LogP contribution in [0.5, 0.6) is 5.88 Å². The highest BCUT2D eigenvalue weighted by Crippen LogP contribution is 2.29. The van der Waals surface area contributed by atoms with Crippen LogP contribution in [0.25, 0.3) is 11.4 Å². The first-order valence-electron chi connectivity index (χ1n) is 10.9. The Morgan fingerprint density at radius 2 is 2.15 bits per heavy atom. The van der Waals surface area contributed by atoms with Gasteiger partial charge in [-0.05, 0) is 44.0 Å². The second kappa shape index (κ2) is 10.0. The van der Waals surface area contributed by atoms with Gasteiger partial charge in [0.1, 0.15) is 17.6 Å². The van der Waals surface area contributed by atoms with E-state index in [4.69, 9.17) is 21.6 Å². The van der Waals surface area contributed by atoms with Gasteiger partial charge >= 0.3 is 0 Å². The molecule has 3 aromatic rings. The van der Waals surface area contributed by atoms with Crippen LogP contribution in [-0.4, -0.2) is 57.0 Å². The van der Waals surface area contributed by atoms with Gasteiger partial charge in [0.15, 0.2) is 5.82 Å². The number of aryl methyl sites for hydroxylation is 1. The van der Waals surface area contributed by atoms with E-state index in [9.17, 15) is 4.79 Å². The number of hydrogen-bond acceptors (Lipinski definition) is 8. The van der Waals surface area contributed by atoms with Crippen LogP contribution in [0.3, 0.4) is 0 Å². The SMILES string of the molecule is COc1cc([C@@H](C)C(=O)N2CC[C@H](Nc3ccc(-c4nccc(C#N)n4)c(C)n3)C2)c(Cl)cn1. The molecule has 1 saturated heterocycles. The number of pyridine rings is 2. The van der Waals surface area contributed by atoms with E-state index >= 15 is 0 Å². The molecule has 1 amide bonds. The van der Waals surface area contributed by atoms with Crippen LogP contribution < -0.4 is 10.1 Å². The highest BCUT2D eigenvalue weighted by molar-refractivity contribution is 6.31. The number of nitriles is 1. The summed E-state index contributed by atoms with van der Waals surface area (Å²) in [5.74, 6) is 1.20. The number of ether oxygens (including phenoxy) is 1. The van der Waals surface area contributed by atoms with E-state index in [0.717, 1.165) is 17.7 Å². The number of carbonyl (C=O) groups is 1. The first-order chi connectivity index (χ1) is 16.4. The van der Waals surface area contributed by atoms with Gasteiger partial charge in [-0.25, -0.2) is 19.9 Å². The van der Waals surface area contributed by atoms with Crippen LogP contribution in [0.15, 0.2) is 36.7 Å². The van der Waals surface area contributed by atoms with E-state index in [2.05, 4.69) is 25.3 Å². The Labute approximate surface area is 202 Å². The Balaban J connectivity index is 1.42. The lowest BCUT2D eigenvalue weighted by Gasteiger charge is -2.22. The largest absolute Gasteiger partial charge is 0.481 e. The van der Waals surface area contributed by atoms with Crippen molar-refractivity contribution in [3.05, 3.63) is 58.6 Å². The molecule has 0 spiro atoms. The van der Waals surface area contributed by atoms with Crippen molar-refractivity contribution in [3.8, 4) is 23.3 Å². The van der Waals surface area contributed by atoms with Crippen LogP contribution >= 0.6 is 11.6 Å². The molecule has 174 valence electrons. The van der Waals surface area contributed by atoms with E-state index in [1.807, 2.05) is 36.9 Å². The van der Waals surface area contributed by atoms with Gasteiger partial charge in [0.2, 0.25) is 11.8 Å². The second-order valence-corrected chi connectivity index (χ2v) is 8.50. The van der Waals surface area contributed by atoms with Gasteiger partial charge < -0.3 is 15.0 Å². The number of hydrogen-bond donors (Lipinski definition) is 1. The maximum Gasteiger partial charge on any atom is 0.229 e.